The lowest BCUT2D eigenvalue weighted by molar-refractivity contribution is 0.650. The van der Waals surface area contributed by atoms with Crippen molar-refractivity contribution in [1.29, 1.82) is 0 Å². The van der Waals surface area contributed by atoms with E-state index in [4.69, 9.17) is 9.97 Å². The van der Waals surface area contributed by atoms with Gasteiger partial charge in [0, 0.05) is 40.3 Å². The van der Waals surface area contributed by atoms with Gasteiger partial charge in [-0.05, 0) is 193 Å². The molecular weight excluding hydrogens is 931 g/mol. The Kier molecular flexibility index (Phi) is 15.3. The van der Waals surface area contributed by atoms with E-state index in [1.165, 1.54) is 83.1 Å². The van der Waals surface area contributed by atoms with Gasteiger partial charge in [0.05, 0.1) is 17.1 Å². The zero-order valence-corrected chi connectivity index (χ0v) is 47.4. The number of fused-ring (bicyclic) bond motifs is 1. The van der Waals surface area contributed by atoms with Crippen molar-refractivity contribution in [1.82, 2.24) is 9.97 Å². The predicted molar refractivity (Wildman–Crippen MR) is 331 cm³/mol. The molecule has 0 fully saturated rings. The highest BCUT2D eigenvalue weighted by atomic mass is 15.1. The van der Waals surface area contributed by atoms with E-state index in [-0.39, 0.29) is 0 Å². The number of aromatic nitrogens is 2. The highest BCUT2D eigenvalue weighted by Crippen LogP contribution is 2.48. The number of hydrogen-bond acceptors (Lipinski definition) is 3. The number of hydrogen-bond donors (Lipinski definition) is 0. The number of nitrogens with zero attached hydrogens (tertiary/aromatic N) is 3. The van der Waals surface area contributed by atoms with Gasteiger partial charge in [-0.1, -0.05) is 197 Å². The fraction of sp³-hybridized carbons (Fsp3) is 0.243. The standard InChI is InChI=1S/C74H75N3/c1-46(2)35-55-33-34-72(67-28-20-19-27-66(55)67)77(60-38-56(70-42-68(51(11)44-75-70)53-23-15-13-16-24-53)36-58(40-60)73-62(47(3)4)29-21-30-63(73)48(5)6)61-39-57(71-43-69(52(12)45-76-71)54-25-17-14-18-26-54)37-59(41-61)74-64(49(7)8)31-22-32-65(74)50(9)10/h13-34,36-50H,35H2,1-12H3. The fourth-order valence-corrected chi connectivity index (χ4v) is 11.6. The summed E-state index contributed by atoms with van der Waals surface area (Å²) in [6, 6.07) is 68.3. The molecule has 0 aliphatic rings. The zero-order chi connectivity index (χ0) is 54.1. The second-order valence-corrected chi connectivity index (χ2v) is 23.0. The third-order valence-corrected chi connectivity index (χ3v) is 15.5. The second kappa shape index (κ2) is 22.4. The lowest BCUT2D eigenvalue weighted by Crippen LogP contribution is -2.13. The molecule has 0 unspecified atom stereocenters. The largest absolute Gasteiger partial charge is 0.310 e. The van der Waals surface area contributed by atoms with E-state index in [1.54, 1.807) is 0 Å². The Morgan fingerprint density at radius 2 is 0.753 bits per heavy atom. The summed E-state index contributed by atoms with van der Waals surface area (Å²) < 4.78 is 0. The molecule has 77 heavy (non-hydrogen) atoms. The van der Waals surface area contributed by atoms with Gasteiger partial charge in [-0.15, -0.1) is 0 Å². The van der Waals surface area contributed by atoms with Crippen LogP contribution in [0.3, 0.4) is 0 Å². The van der Waals surface area contributed by atoms with Crippen LogP contribution in [0.5, 0.6) is 0 Å². The maximum Gasteiger partial charge on any atom is 0.0709 e. The van der Waals surface area contributed by atoms with Crippen molar-refractivity contribution in [3.8, 4) is 67.0 Å². The van der Waals surface area contributed by atoms with E-state index in [0.29, 0.717) is 29.6 Å². The molecule has 0 aliphatic carbocycles. The number of rotatable bonds is 15. The second-order valence-electron chi connectivity index (χ2n) is 23.0. The van der Waals surface area contributed by atoms with Gasteiger partial charge in [0.25, 0.3) is 0 Å². The summed E-state index contributed by atoms with van der Waals surface area (Å²) in [4.78, 5) is 13.1. The summed E-state index contributed by atoms with van der Waals surface area (Å²) in [5.41, 5.74) is 25.9. The molecule has 2 aromatic heterocycles. The van der Waals surface area contributed by atoms with Crippen LogP contribution in [-0.4, -0.2) is 9.97 Å². The molecule has 0 N–H and O–H groups in total. The van der Waals surface area contributed by atoms with E-state index in [0.717, 1.165) is 57.1 Å². The van der Waals surface area contributed by atoms with Crippen LogP contribution in [-0.2, 0) is 6.42 Å². The molecule has 0 amide bonds. The molecule has 0 aliphatic heterocycles. The lowest BCUT2D eigenvalue weighted by Gasteiger charge is -2.31. The van der Waals surface area contributed by atoms with Crippen LogP contribution in [0.2, 0.25) is 0 Å². The van der Waals surface area contributed by atoms with Crippen LogP contribution in [0.1, 0.15) is 132 Å². The summed E-state index contributed by atoms with van der Waals surface area (Å²) in [6.45, 7) is 27.6. The maximum absolute atomic E-state index is 5.29. The monoisotopic (exact) mass is 1010 g/mol. The van der Waals surface area contributed by atoms with Gasteiger partial charge >= 0.3 is 0 Å². The molecule has 0 saturated carbocycles. The Bertz CT molecular complexity index is 3480. The van der Waals surface area contributed by atoms with Gasteiger partial charge < -0.3 is 4.90 Å². The molecule has 8 aromatic carbocycles. The number of benzene rings is 8. The first kappa shape index (κ1) is 52.6. The SMILES string of the molecule is Cc1cnc(-c2cc(-c3c(C(C)C)cccc3C(C)C)cc(N(c3cc(-c4cc(-c5ccccc5)c(C)cn4)cc(-c4c(C(C)C)cccc4C(C)C)c3)c3ccc(CC(C)C)c4ccccc34)c2)cc1-c1ccccc1. The van der Waals surface area contributed by atoms with E-state index in [9.17, 15) is 0 Å². The summed E-state index contributed by atoms with van der Waals surface area (Å²) >= 11 is 0. The van der Waals surface area contributed by atoms with Crippen molar-refractivity contribution >= 4 is 27.8 Å². The molecule has 0 atom stereocenters. The third-order valence-electron chi connectivity index (χ3n) is 15.5. The van der Waals surface area contributed by atoms with Crippen LogP contribution < -0.4 is 4.90 Å². The van der Waals surface area contributed by atoms with Crippen molar-refractivity contribution in [3.63, 3.8) is 0 Å². The molecule has 0 spiro atoms. The highest BCUT2D eigenvalue weighted by Gasteiger charge is 2.26. The predicted octanol–water partition coefficient (Wildman–Crippen LogP) is 21.4. The van der Waals surface area contributed by atoms with Gasteiger partial charge in [0.15, 0.2) is 0 Å². The Morgan fingerprint density at radius 1 is 0.364 bits per heavy atom. The first-order chi connectivity index (χ1) is 37.1. The molecule has 0 radical (unpaired) electrons. The number of aryl methyl sites for hydroxylation is 2. The molecule has 386 valence electrons. The Labute approximate surface area is 459 Å². The molecule has 0 bridgehead atoms. The molecule has 2 heterocycles. The molecule has 0 saturated heterocycles. The van der Waals surface area contributed by atoms with Crippen molar-refractivity contribution in [2.45, 2.75) is 113 Å². The zero-order valence-electron chi connectivity index (χ0n) is 47.4. The van der Waals surface area contributed by atoms with Crippen LogP contribution in [0.25, 0.3) is 77.8 Å². The highest BCUT2D eigenvalue weighted by molar-refractivity contribution is 6.02. The van der Waals surface area contributed by atoms with E-state index >= 15 is 0 Å². The van der Waals surface area contributed by atoms with Crippen LogP contribution >= 0.6 is 0 Å². The Morgan fingerprint density at radius 3 is 1.16 bits per heavy atom. The van der Waals surface area contributed by atoms with Crippen LogP contribution in [0, 0.1) is 19.8 Å². The minimum atomic E-state index is 0.296. The first-order valence-electron chi connectivity index (χ1n) is 28.1. The summed E-state index contributed by atoms with van der Waals surface area (Å²) in [5.74, 6) is 1.68. The van der Waals surface area contributed by atoms with Gasteiger partial charge in [0.2, 0.25) is 0 Å². The normalized spacial score (nSPS) is 11.8. The van der Waals surface area contributed by atoms with Gasteiger partial charge in [0.1, 0.15) is 0 Å². The van der Waals surface area contributed by atoms with Gasteiger partial charge in [-0.25, -0.2) is 0 Å². The average Bonchev–Trinajstić information content (AvgIpc) is 3.44. The van der Waals surface area contributed by atoms with Gasteiger partial charge in [-0.2, -0.15) is 0 Å². The third kappa shape index (κ3) is 10.8. The number of pyridine rings is 2. The van der Waals surface area contributed by atoms with Crippen molar-refractivity contribution in [2.24, 2.45) is 5.92 Å². The van der Waals surface area contributed by atoms with Gasteiger partial charge in [-0.3, -0.25) is 9.97 Å². The topological polar surface area (TPSA) is 29.0 Å². The Balaban J connectivity index is 1.36. The van der Waals surface area contributed by atoms with E-state index < -0.39 is 0 Å². The van der Waals surface area contributed by atoms with Crippen molar-refractivity contribution in [2.75, 3.05) is 4.90 Å². The van der Waals surface area contributed by atoms with Crippen LogP contribution in [0.4, 0.5) is 17.1 Å². The quantitative estimate of drug-likeness (QED) is 0.102. The molecule has 3 heteroatoms. The minimum absolute atomic E-state index is 0.296. The summed E-state index contributed by atoms with van der Waals surface area (Å²) in [5, 5.41) is 2.48. The lowest BCUT2D eigenvalue weighted by atomic mass is 9.83. The maximum atomic E-state index is 5.29. The summed E-state index contributed by atoms with van der Waals surface area (Å²) in [7, 11) is 0. The molecule has 10 aromatic rings. The van der Waals surface area contributed by atoms with Crippen LogP contribution in [0.15, 0.2) is 194 Å². The number of anilines is 3. The summed E-state index contributed by atoms with van der Waals surface area (Å²) in [6.07, 6.45) is 5.09. The molecule has 10 rings (SSSR count). The minimum Gasteiger partial charge on any atom is -0.310 e. The first-order valence-corrected chi connectivity index (χ1v) is 28.1. The van der Waals surface area contributed by atoms with E-state index in [1.807, 2.05) is 0 Å². The average molecular weight is 1010 g/mol. The van der Waals surface area contributed by atoms with Crippen molar-refractivity contribution < 1.29 is 0 Å². The molecule has 3 nitrogen and oxygen atoms in total. The smallest absolute Gasteiger partial charge is 0.0709 e. The Hall–Kier alpha value is -7.88. The fourth-order valence-electron chi connectivity index (χ4n) is 11.6. The van der Waals surface area contributed by atoms with Crippen molar-refractivity contribution in [3.05, 3.63) is 233 Å². The van der Waals surface area contributed by atoms with E-state index in [2.05, 4.69) is 282 Å². The molecular formula is C74H75N3.